The van der Waals surface area contributed by atoms with Crippen molar-refractivity contribution >= 4 is 17.4 Å². The predicted octanol–water partition coefficient (Wildman–Crippen LogP) is 2.04. The van der Waals surface area contributed by atoms with Crippen LogP contribution in [-0.2, 0) is 6.54 Å². The summed E-state index contributed by atoms with van der Waals surface area (Å²) in [6.07, 6.45) is 9.70. The number of anilines is 1. The zero-order valence-corrected chi connectivity index (χ0v) is 10.5. The monoisotopic (exact) mass is 249 g/mol. The zero-order chi connectivity index (χ0) is 12.3. The van der Waals surface area contributed by atoms with Crippen LogP contribution in [0.25, 0.3) is 0 Å². The Morgan fingerprint density at radius 3 is 2.88 bits per heavy atom. The lowest BCUT2D eigenvalue weighted by Gasteiger charge is -2.22. The summed E-state index contributed by atoms with van der Waals surface area (Å²) in [6.45, 7) is 1.94. The van der Waals surface area contributed by atoms with Crippen molar-refractivity contribution in [2.75, 3.05) is 18.0 Å². The highest BCUT2D eigenvalue weighted by molar-refractivity contribution is 6.33. The van der Waals surface area contributed by atoms with E-state index in [2.05, 4.69) is 15.8 Å². The molecule has 0 amide bonds. The highest BCUT2D eigenvalue weighted by Gasteiger charge is 2.25. The van der Waals surface area contributed by atoms with Crippen molar-refractivity contribution in [3.8, 4) is 12.3 Å². The minimum atomic E-state index is 0.449. The highest BCUT2D eigenvalue weighted by atomic mass is 35.5. The van der Waals surface area contributed by atoms with Gasteiger partial charge in [-0.3, -0.25) is 0 Å². The van der Waals surface area contributed by atoms with E-state index in [9.17, 15) is 0 Å². The largest absolute Gasteiger partial charge is 0.344 e. The van der Waals surface area contributed by atoms with E-state index in [4.69, 9.17) is 23.8 Å². The summed E-state index contributed by atoms with van der Waals surface area (Å²) in [6, 6.07) is 1.86. The minimum Gasteiger partial charge on any atom is -0.344 e. The molecule has 0 aromatic carbocycles. The molecule has 2 N–H and O–H groups in total. The predicted molar refractivity (Wildman–Crippen MR) is 70.9 cm³/mol. The van der Waals surface area contributed by atoms with Gasteiger partial charge in [-0.25, -0.2) is 4.98 Å². The van der Waals surface area contributed by atoms with E-state index in [0.29, 0.717) is 18.1 Å². The van der Waals surface area contributed by atoms with Gasteiger partial charge in [0, 0.05) is 19.3 Å². The van der Waals surface area contributed by atoms with E-state index in [1.807, 2.05) is 6.07 Å². The third-order valence-corrected chi connectivity index (χ3v) is 3.15. The molecule has 4 heteroatoms. The first-order chi connectivity index (χ1) is 8.24. The van der Waals surface area contributed by atoms with Crippen molar-refractivity contribution in [3.05, 3.63) is 22.8 Å². The number of nitrogens with two attached hydrogens (primary N) is 1. The van der Waals surface area contributed by atoms with Gasteiger partial charge in [-0.15, -0.1) is 6.42 Å². The fourth-order valence-electron chi connectivity index (χ4n) is 1.76. The van der Waals surface area contributed by atoms with E-state index >= 15 is 0 Å². The van der Waals surface area contributed by atoms with Crippen molar-refractivity contribution in [1.82, 2.24) is 4.98 Å². The van der Waals surface area contributed by atoms with Crippen molar-refractivity contribution in [2.45, 2.75) is 19.4 Å². The molecule has 0 atom stereocenters. The van der Waals surface area contributed by atoms with Crippen molar-refractivity contribution in [3.63, 3.8) is 0 Å². The quantitative estimate of drug-likeness (QED) is 0.812. The number of hydrogen-bond acceptors (Lipinski definition) is 3. The van der Waals surface area contributed by atoms with E-state index < -0.39 is 0 Å². The smallest absolute Gasteiger partial charge is 0.148 e. The molecule has 0 spiro atoms. The molecule has 1 aliphatic rings. The van der Waals surface area contributed by atoms with Gasteiger partial charge in [-0.1, -0.05) is 17.5 Å². The highest BCUT2D eigenvalue weighted by Crippen LogP contribution is 2.32. The van der Waals surface area contributed by atoms with Crippen LogP contribution in [0.5, 0.6) is 0 Å². The van der Waals surface area contributed by atoms with Crippen LogP contribution in [-0.4, -0.2) is 18.1 Å². The van der Waals surface area contributed by atoms with Crippen LogP contribution in [0.3, 0.4) is 0 Å². The molecule has 17 heavy (non-hydrogen) atoms. The van der Waals surface area contributed by atoms with Crippen LogP contribution in [0, 0.1) is 18.3 Å². The summed E-state index contributed by atoms with van der Waals surface area (Å²) in [5.41, 5.74) is 6.49. The zero-order valence-electron chi connectivity index (χ0n) is 9.69. The maximum Gasteiger partial charge on any atom is 0.148 e. The summed E-state index contributed by atoms with van der Waals surface area (Å²) in [7, 11) is 0. The number of pyridine rings is 1. The second-order valence-corrected chi connectivity index (χ2v) is 4.79. The SMILES string of the molecule is C#CCN(CC1CC1)c1ncc(CN)cc1Cl. The summed E-state index contributed by atoms with van der Waals surface area (Å²) in [5, 5.41) is 0.629. The molecule has 2 rings (SSSR count). The Morgan fingerprint density at radius 1 is 1.59 bits per heavy atom. The van der Waals surface area contributed by atoms with Crippen LogP contribution < -0.4 is 10.6 Å². The standard InChI is InChI=1S/C13H16ClN3/c1-2-5-17(9-10-3-4-10)13-12(14)6-11(7-15)8-16-13/h1,6,8,10H,3-5,7,9,15H2. The fourth-order valence-corrected chi connectivity index (χ4v) is 2.07. The minimum absolute atomic E-state index is 0.449. The molecule has 90 valence electrons. The molecule has 1 aromatic rings. The average Bonchev–Trinajstić information content (AvgIpc) is 3.12. The number of halogens is 1. The molecule has 0 radical (unpaired) electrons. The van der Waals surface area contributed by atoms with Crippen molar-refractivity contribution in [2.24, 2.45) is 11.7 Å². The molecule has 1 heterocycles. The molecule has 0 bridgehead atoms. The molecule has 0 saturated heterocycles. The summed E-state index contributed by atoms with van der Waals surface area (Å²) < 4.78 is 0. The van der Waals surface area contributed by atoms with Crippen LogP contribution in [0.15, 0.2) is 12.3 Å². The number of terminal acetylenes is 1. The van der Waals surface area contributed by atoms with E-state index in [1.165, 1.54) is 12.8 Å². The third-order valence-electron chi connectivity index (χ3n) is 2.87. The second-order valence-electron chi connectivity index (χ2n) is 4.38. The van der Waals surface area contributed by atoms with E-state index in [-0.39, 0.29) is 0 Å². The fraction of sp³-hybridized carbons (Fsp3) is 0.462. The molecule has 0 unspecified atom stereocenters. The Balaban J connectivity index is 2.19. The summed E-state index contributed by atoms with van der Waals surface area (Å²) in [5.74, 6) is 4.18. The summed E-state index contributed by atoms with van der Waals surface area (Å²) >= 11 is 6.21. The third kappa shape index (κ3) is 3.12. The van der Waals surface area contributed by atoms with Crippen LogP contribution in [0.1, 0.15) is 18.4 Å². The van der Waals surface area contributed by atoms with Gasteiger partial charge in [-0.05, 0) is 30.4 Å². The maximum absolute atomic E-state index is 6.21. The Bertz CT molecular complexity index is 435. The molecule has 0 aliphatic heterocycles. The first kappa shape index (κ1) is 12.2. The first-order valence-corrected chi connectivity index (χ1v) is 6.15. The molecular weight excluding hydrogens is 234 g/mol. The van der Waals surface area contributed by atoms with Gasteiger partial charge in [0.25, 0.3) is 0 Å². The average molecular weight is 250 g/mol. The molecule has 1 aliphatic carbocycles. The molecule has 3 nitrogen and oxygen atoms in total. The van der Waals surface area contributed by atoms with Gasteiger partial charge in [0.15, 0.2) is 0 Å². The Kier molecular flexibility index (Phi) is 3.88. The molecule has 1 saturated carbocycles. The van der Waals surface area contributed by atoms with Gasteiger partial charge in [0.05, 0.1) is 11.6 Å². The second kappa shape index (κ2) is 5.39. The number of rotatable bonds is 5. The Morgan fingerprint density at radius 2 is 2.35 bits per heavy atom. The first-order valence-electron chi connectivity index (χ1n) is 5.77. The van der Waals surface area contributed by atoms with E-state index in [1.54, 1.807) is 6.20 Å². The van der Waals surface area contributed by atoms with Gasteiger partial charge in [0.2, 0.25) is 0 Å². The van der Waals surface area contributed by atoms with Crippen molar-refractivity contribution in [1.29, 1.82) is 0 Å². The molecular formula is C13H16ClN3. The van der Waals surface area contributed by atoms with Crippen LogP contribution >= 0.6 is 11.6 Å². The molecule has 1 fully saturated rings. The van der Waals surface area contributed by atoms with Gasteiger partial charge < -0.3 is 10.6 Å². The Labute approximate surface area is 107 Å². The lowest BCUT2D eigenvalue weighted by Crippen LogP contribution is -2.27. The van der Waals surface area contributed by atoms with Crippen LogP contribution in [0.2, 0.25) is 5.02 Å². The van der Waals surface area contributed by atoms with Crippen LogP contribution in [0.4, 0.5) is 5.82 Å². The maximum atomic E-state index is 6.21. The molecule has 1 aromatic heterocycles. The normalized spacial score (nSPS) is 14.4. The number of nitrogens with zero attached hydrogens (tertiary/aromatic N) is 2. The van der Waals surface area contributed by atoms with Gasteiger partial charge in [-0.2, -0.15) is 0 Å². The van der Waals surface area contributed by atoms with Gasteiger partial charge >= 0.3 is 0 Å². The van der Waals surface area contributed by atoms with E-state index in [0.717, 1.165) is 23.8 Å². The Hall–Kier alpha value is -1.24. The number of hydrogen-bond donors (Lipinski definition) is 1. The lowest BCUT2D eigenvalue weighted by atomic mass is 10.2. The lowest BCUT2D eigenvalue weighted by molar-refractivity contribution is 0.754. The van der Waals surface area contributed by atoms with Crippen molar-refractivity contribution < 1.29 is 0 Å². The number of aromatic nitrogens is 1. The van der Waals surface area contributed by atoms with Gasteiger partial charge in [0.1, 0.15) is 5.82 Å². The summed E-state index contributed by atoms with van der Waals surface area (Å²) in [4.78, 5) is 6.44. The topological polar surface area (TPSA) is 42.2 Å².